The lowest BCUT2D eigenvalue weighted by Gasteiger charge is -2.31. The van der Waals surface area contributed by atoms with E-state index in [9.17, 15) is 9.59 Å². The van der Waals surface area contributed by atoms with Crippen molar-refractivity contribution in [1.29, 1.82) is 0 Å². The van der Waals surface area contributed by atoms with Crippen molar-refractivity contribution < 1.29 is 19.1 Å². The molecule has 6 heteroatoms. The molecule has 0 aliphatic carbocycles. The molecule has 21 heavy (non-hydrogen) atoms. The van der Waals surface area contributed by atoms with Crippen molar-refractivity contribution in [2.45, 2.75) is 31.8 Å². The second kappa shape index (κ2) is 6.47. The molecule has 114 valence electrons. The molecule has 0 spiro atoms. The first-order valence-electron chi connectivity index (χ1n) is 6.72. The molecule has 2 atom stereocenters. The van der Waals surface area contributed by atoms with Gasteiger partial charge in [-0.25, -0.2) is 4.79 Å². The first kappa shape index (κ1) is 15.8. The van der Waals surface area contributed by atoms with Crippen LogP contribution in [0.3, 0.4) is 0 Å². The number of esters is 1. The standard InChI is InChI=1S/C15H18BrNO4/c1-9(14-10(16)5-4-6-12(14)20-2)17-11(15(19)21-3)7-8-13(17)18/h4-6,9,11H,7-8H2,1-3H3. The van der Waals surface area contributed by atoms with Gasteiger partial charge in [0.25, 0.3) is 0 Å². The van der Waals surface area contributed by atoms with Crippen molar-refractivity contribution in [2.75, 3.05) is 14.2 Å². The highest BCUT2D eigenvalue weighted by Crippen LogP contribution is 2.39. The summed E-state index contributed by atoms with van der Waals surface area (Å²) >= 11 is 3.50. The Kier molecular flexibility index (Phi) is 4.88. The van der Waals surface area contributed by atoms with E-state index in [1.807, 2.05) is 25.1 Å². The Morgan fingerprint density at radius 2 is 2.14 bits per heavy atom. The Balaban J connectivity index is 2.40. The summed E-state index contributed by atoms with van der Waals surface area (Å²) in [6.07, 6.45) is 0.847. The van der Waals surface area contributed by atoms with Crippen molar-refractivity contribution in [2.24, 2.45) is 0 Å². The number of hydrogen-bond donors (Lipinski definition) is 0. The van der Waals surface area contributed by atoms with Gasteiger partial charge in [-0.2, -0.15) is 0 Å². The second-order valence-electron chi connectivity index (χ2n) is 4.91. The molecule has 1 aliphatic heterocycles. The summed E-state index contributed by atoms with van der Waals surface area (Å²) in [6.45, 7) is 1.89. The molecule has 1 aliphatic rings. The van der Waals surface area contributed by atoms with Gasteiger partial charge in [-0.05, 0) is 25.5 Å². The lowest BCUT2D eigenvalue weighted by Crippen LogP contribution is -2.41. The summed E-state index contributed by atoms with van der Waals surface area (Å²) in [7, 11) is 2.93. The molecule has 0 radical (unpaired) electrons. The van der Waals surface area contributed by atoms with Crippen LogP contribution in [0.5, 0.6) is 5.75 Å². The zero-order chi connectivity index (χ0) is 15.6. The van der Waals surface area contributed by atoms with Crippen LogP contribution in [0.4, 0.5) is 0 Å². The van der Waals surface area contributed by atoms with E-state index in [2.05, 4.69) is 15.9 Å². The van der Waals surface area contributed by atoms with E-state index in [-0.39, 0.29) is 17.9 Å². The van der Waals surface area contributed by atoms with E-state index < -0.39 is 6.04 Å². The summed E-state index contributed by atoms with van der Waals surface area (Å²) in [6, 6.07) is 4.78. The first-order chi connectivity index (χ1) is 10.0. The van der Waals surface area contributed by atoms with Gasteiger partial charge >= 0.3 is 5.97 Å². The van der Waals surface area contributed by atoms with Crippen molar-refractivity contribution in [3.8, 4) is 5.75 Å². The molecule has 1 aromatic carbocycles. The zero-order valence-corrected chi connectivity index (χ0v) is 13.8. The smallest absolute Gasteiger partial charge is 0.328 e. The summed E-state index contributed by atoms with van der Waals surface area (Å²) < 4.78 is 11.0. The average Bonchev–Trinajstić information content (AvgIpc) is 2.87. The predicted molar refractivity (Wildman–Crippen MR) is 81.0 cm³/mol. The monoisotopic (exact) mass is 355 g/mol. The Bertz CT molecular complexity index is 561. The van der Waals surface area contributed by atoms with Crippen LogP contribution in [0.25, 0.3) is 0 Å². The molecule has 2 unspecified atom stereocenters. The Labute approximate surface area is 132 Å². The Hall–Kier alpha value is -1.56. The topological polar surface area (TPSA) is 55.8 Å². The van der Waals surface area contributed by atoms with Gasteiger partial charge in [0.05, 0.1) is 20.3 Å². The number of hydrogen-bond acceptors (Lipinski definition) is 4. The fraction of sp³-hybridized carbons (Fsp3) is 0.467. The largest absolute Gasteiger partial charge is 0.496 e. The quantitative estimate of drug-likeness (QED) is 0.779. The van der Waals surface area contributed by atoms with Gasteiger partial charge in [0.15, 0.2) is 0 Å². The van der Waals surface area contributed by atoms with Crippen LogP contribution in [0.15, 0.2) is 22.7 Å². The molecule has 2 rings (SSSR count). The number of likely N-dealkylation sites (tertiary alicyclic amines) is 1. The zero-order valence-electron chi connectivity index (χ0n) is 12.3. The number of halogens is 1. The van der Waals surface area contributed by atoms with E-state index in [1.54, 1.807) is 12.0 Å². The van der Waals surface area contributed by atoms with Crippen molar-refractivity contribution >= 4 is 27.8 Å². The highest BCUT2D eigenvalue weighted by atomic mass is 79.9. The molecule has 1 aromatic rings. The minimum absolute atomic E-state index is 0.0456. The summed E-state index contributed by atoms with van der Waals surface area (Å²) in [5, 5.41) is 0. The average molecular weight is 356 g/mol. The molecule has 0 aromatic heterocycles. The van der Waals surface area contributed by atoms with Crippen LogP contribution in [0.2, 0.25) is 0 Å². The van der Waals surface area contributed by atoms with E-state index in [4.69, 9.17) is 9.47 Å². The van der Waals surface area contributed by atoms with Crippen LogP contribution in [-0.4, -0.2) is 37.0 Å². The highest BCUT2D eigenvalue weighted by Gasteiger charge is 2.41. The summed E-state index contributed by atoms with van der Waals surface area (Å²) in [5.41, 5.74) is 0.851. The Morgan fingerprint density at radius 3 is 2.76 bits per heavy atom. The number of nitrogens with zero attached hydrogens (tertiary/aromatic N) is 1. The van der Waals surface area contributed by atoms with Crippen LogP contribution in [0.1, 0.15) is 31.4 Å². The maximum Gasteiger partial charge on any atom is 0.328 e. The molecule has 0 saturated carbocycles. The van der Waals surface area contributed by atoms with Gasteiger partial charge in [0, 0.05) is 16.5 Å². The number of benzene rings is 1. The maximum atomic E-state index is 12.2. The Morgan fingerprint density at radius 1 is 1.43 bits per heavy atom. The number of carbonyl (C=O) groups is 2. The maximum absolute atomic E-state index is 12.2. The van der Waals surface area contributed by atoms with E-state index >= 15 is 0 Å². The normalized spacial score (nSPS) is 19.5. The molecule has 5 nitrogen and oxygen atoms in total. The number of methoxy groups -OCH3 is 2. The molecular weight excluding hydrogens is 338 g/mol. The number of rotatable bonds is 4. The van der Waals surface area contributed by atoms with Crippen molar-refractivity contribution in [3.05, 3.63) is 28.2 Å². The first-order valence-corrected chi connectivity index (χ1v) is 7.52. The van der Waals surface area contributed by atoms with Crippen LogP contribution < -0.4 is 4.74 Å². The minimum atomic E-state index is -0.533. The van der Waals surface area contributed by atoms with Gasteiger partial charge in [-0.1, -0.05) is 22.0 Å². The summed E-state index contributed by atoms with van der Waals surface area (Å²) in [5.74, 6) is 0.259. The lowest BCUT2D eigenvalue weighted by atomic mass is 10.0. The predicted octanol–water partition coefficient (Wildman–Crippen LogP) is 2.68. The van der Waals surface area contributed by atoms with E-state index in [0.29, 0.717) is 18.6 Å². The number of ether oxygens (including phenoxy) is 2. The third-order valence-electron chi connectivity index (χ3n) is 3.80. The van der Waals surface area contributed by atoms with Crippen LogP contribution in [0, 0.1) is 0 Å². The fourth-order valence-corrected chi connectivity index (χ4v) is 3.47. The molecule has 1 heterocycles. The van der Waals surface area contributed by atoms with E-state index in [0.717, 1.165) is 10.0 Å². The third kappa shape index (κ3) is 2.90. The SMILES string of the molecule is COC(=O)C1CCC(=O)N1C(C)c1c(Br)cccc1OC. The van der Waals surface area contributed by atoms with Gasteiger partial charge in [0.2, 0.25) is 5.91 Å². The van der Waals surface area contributed by atoms with Gasteiger partial charge < -0.3 is 14.4 Å². The molecule has 1 fully saturated rings. The number of amides is 1. The van der Waals surface area contributed by atoms with Crippen molar-refractivity contribution in [1.82, 2.24) is 4.90 Å². The molecule has 1 amide bonds. The van der Waals surface area contributed by atoms with Crippen LogP contribution >= 0.6 is 15.9 Å². The van der Waals surface area contributed by atoms with E-state index in [1.165, 1.54) is 7.11 Å². The van der Waals surface area contributed by atoms with Gasteiger partial charge in [-0.3, -0.25) is 4.79 Å². The van der Waals surface area contributed by atoms with Gasteiger partial charge in [0.1, 0.15) is 11.8 Å². The molecular formula is C15H18BrNO4. The molecule has 0 N–H and O–H groups in total. The van der Waals surface area contributed by atoms with Crippen LogP contribution in [-0.2, 0) is 14.3 Å². The lowest BCUT2D eigenvalue weighted by molar-refractivity contribution is -0.150. The van der Waals surface area contributed by atoms with Gasteiger partial charge in [-0.15, -0.1) is 0 Å². The molecule has 0 bridgehead atoms. The minimum Gasteiger partial charge on any atom is -0.496 e. The summed E-state index contributed by atoms with van der Waals surface area (Å²) in [4.78, 5) is 25.7. The second-order valence-corrected chi connectivity index (χ2v) is 5.76. The number of carbonyl (C=O) groups excluding carboxylic acids is 2. The van der Waals surface area contributed by atoms with Crippen molar-refractivity contribution in [3.63, 3.8) is 0 Å². The fourth-order valence-electron chi connectivity index (χ4n) is 2.80. The third-order valence-corrected chi connectivity index (χ3v) is 4.49. The highest BCUT2D eigenvalue weighted by molar-refractivity contribution is 9.10. The molecule has 1 saturated heterocycles.